The summed E-state index contributed by atoms with van der Waals surface area (Å²) in [4.78, 5) is 1.03. The molecule has 0 radical (unpaired) electrons. The number of hydrogen-bond donors (Lipinski definition) is 1. The van der Waals surface area contributed by atoms with Crippen LogP contribution in [-0.2, 0) is 5.75 Å². The van der Waals surface area contributed by atoms with E-state index in [1.807, 2.05) is 36.4 Å². The smallest absolute Gasteiger partial charge is 0.0562 e. The average Bonchev–Trinajstić information content (AvgIpc) is 2.28. The second-order valence-electron chi connectivity index (χ2n) is 3.61. The van der Waals surface area contributed by atoms with Gasteiger partial charge >= 0.3 is 0 Å². The van der Waals surface area contributed by atoms with Gasteiger partial charge in [0.2, 0.25) is 0 Å². The SMILES string of the molecule is Nc1ccc(SCc2cccc(Cl)c2)c(Cl)c1. The molecule has 0 aliphatic rings. The number of thioether (sulfide) groups is 1. The Morgan fingerprint density at radius 3 is 2.59 bits per heavy atom. The fraction of sp³-hybridized carbons (Fsp3) is 0.0769. The lowest BCUT2D eigenvalue weighted by Gasteiger charge is -2.05. The van der Waals surface area contributed by atoms with Crippen LogP contribution < -0.4 is 5.73 Å². The molecule has 0 aliphatic carbocycles. The van der Waals surface area contributed by atoms with Crippen molar-refractivity contribution in [3.8, 4) is 0 Å². The highest BCUT2D eigenvalue weighted by molar-refractivity contribution is 7.98. The zero-order chi connectivity index (χ0) is 12.3. The lowest BCUT2D eigenvalue weighted by Crippen LogP contribution is -1.85. The Kier molecular flexibility index (Phi) is 4.21. The van der Waals surface area contributed by atoms with Gasteiger partial charge in [0.1, 0.15) is 0 Å². The molecule has 0 unspecified atom stereocenters. The summed E-state index contributed by atoms with van der Waals surface area (Å²) in [7, 11) is 0. The summed E-state index contributed by atoms with van der Waals surface area (Å²) in [6, 6.07) is 13.4. The highest BCUT2D eigenvalue weighted by Gasteiger charge is 2.02. The summed E-state index contributed by atoms with van der Waals surface area (Å²) in [5.41, 5.74) is 7.50. The van der Waals surface area contributed by atoms with E-state index < -0.39 is 0 Å². The fourth-order valence-electron chi connectivity index (χ4n) is 1.42. The van der Waals surface area contributed by atoms with E-state index in [4.69, 9.17) is 28.9 Å². The second kappa shape index (κ2) is 5.67. The molecule has 0 spiro atoms. The molecule has 0 atom stereocenters. The molecule has 2 aromatic carbocycles. The number of halogens is 2. The van der Waals surface area contributed by atoms with Crippen LogP contribution in [-0.4, -0.2) is 0 Å². The Labute approximate surface area is 115 Å². The average molecular weight is 284 g/mol. The summed E-state index contributed by atoms with van der Waals surface area (Å²) in [6.07, 6.45) is 0. The lowest BCUT2D eigenvalue weighted by molar-refractivity contribution is 1.38. The molecule has 1 nitrogen and oxygen atoms in total. The van der Waals surface area contributed by atoms with Crippen LogP contribution in [0.5, 0.6) is 0 Å². The number of benzene rings is 2. The van der Waals surface area contributed by atoms with Crippen LogP contribution in [0.4, 0.5) is 5.69 Å². The zero-order valence-electron chi connectivity index (χ0n) is 8.99. The van der Waals surface area contributed by atoms with Crippen LogP contribution in [0.25, 0.3) is 0 Å². The maximum absolute atomic E-state index is 6.10. The van der Waals surface area contributed by atoms with E-state index in [0.29, 0.717) is 10.7 Å². The van der Waals surface area contributed by atoms with Gasteiger partial charge in [-0.1, -0.05) is 35.3 Å². The van der Waals surface area contributed by atoms with Gasteiger partial charge in [0.25, 0.3) is 0 Å². The molecule has 2 aromatic rings. The van der Waals surface area contributed by atoms with Crippen molar-refractivity contribution >= 4 is 40.7 Å². The normalized spacial score (nSPS) is 10.5. The van der Waals surface area contributed by atoms with Crippen molar-refractivity contribution in [2.24, 2.45) is 0 Å². The van der Waals surface area contributed by atoms with Gasteiger partial charge in [-0.25, -0.2) is 0 Å². The first-order chi connectivity index (χ1) is 8.15. The van der Waals surface area contributed by atoms with Gasteiger partial charge < -0.3 is 5.73 Å². The van der Waals surface area contributed by atoms with Gasteiger partial charge in [-0.3, -0.25) is 0 Å². The van der Waals surface area contributed by atoms with Gasteiger partial charge in [-0.05, 0) is 35.9 Å². The minimum atomic E-state index is 0.683. The van der Waals surface area contributed by atoms with E-state index in [1.54, 1.807) is 17.8 Å². The Balaban J connectivity index is 2.07. The molecule has 17 heavy (non-hydrogen) atoms. The number of hydrogen-bond acceptors (Lipinski definition) is 2. The first-order valence-electron chi connectivity index (χ1n) is 5.07. The topological polar surface area (TPSA) is 26.0 Å². The van der Waals surface area contributed by atoms with Crippen LogP contribution in [0.3, 0.4) is 0 Å². The number of nitrogen functional groups attached to an aromatic ring is 1. The summed E-state index contributed by atoms with van der Waals surface area (Å²) in [5, 5.41) is 1.45. The van der Waals surface area contributed by atoms with Gasteiger partial charge in [-0.2, -0.15) is 0 Å². The van der Waals surface area contributed by atoms with Crippen molar-refractivity contribution in [2.75, 3.05) is 5.73 Å². The van der Waals surface area contributed by atoms with Crippen LogP contribution in [0.1, 0.15) is 5.56 Å². The molecular formula is C13H11Cl2NS. The maximum Gasteiger partial charge on any atom is 0.0562 e. The molecule has 2 N–H and O–H groups in total. The van der Waals surface area contributed by atoms with Gasteiger partial charge in [0, 0.05) is 21.4 Å². The molecule has 4 heteroatoms. The third-order valence-corrected chi connectivity index (χ3v) is 4.04. The summed E-state index contributed by atoms with van der Waals surface area (Å²) < 4.78 is 0. The summed E-state index contributed by atoms with van der Waals surface area (Å²) in [6.45, 7) is 0. The van der Waals surface area contributed by atoms with Crippen molar-refractivity contribution < 1.29 is 0 Å². The quantitative estimate of drug-likeness (QED) is 0.643. The number of anilines is 1. The van der Waals surface area contributed by atoms with E-state index in [-0.39, 0.29) is 0 Å². The first kappa shape index (κ1) is 12.6. The van der Waals surface area contributed by atoms with Crippen LogP contribution in [0, 0.1) is 0 Å². The largest absolute Gasteiger partial charge is 0.399 e. The van der Waals surface area contributed by atoms with Crippen LogP contribution in [0.15, 0.2) is 47.4 Å². The third-order valence-electron chi connectivity index (χ3n) is 2.24. The maximum atomic E-state index is 6.10. The summed E-state index contributed by atoms with van der Waals surface area (Å²) in [5.74, 6) is 0.837. The van der Waals surface area contributed by atoms with Crippen molar-refractivity contribution in [1.82, 2.24) is 0 Å². The predicted octanol–water partition coefficient (Wildman–Crippen LogP) is 4.87. The molecule has 0 aromatic heterocycles. The third kappa shape index (κ3) is 3.56. The second-order valence-corrected chi connectivity index (χ2v) is 5.47. The highest BCUT2D eigenvalue weighted by Crippen LogP contribution is 2.31. The highest BCUT2D eigenvalue weighted by atomic mass is 35.5. The number of rotatable bonds is 3. The molecular weight excluding hydrogens is 273 g/mol. The first-order valence-corrected chi connectivity index (χ1v) is 6.81. The molecule has 88 valence electrons. The van der Waals surface area contributed by atoms with Crippen LogP contribution in [0.2, 0.25) is 10.0 Å². The summed E-state index contributed by atoms with van der Waals surface area (Å²) >= 11 is 13.7. The van der Waals surface area contributed by atoms with Gasteiger partial charge in [0.05, 0.1) is 5.02 Å². The van der Waals surface area contributed by atoms with Crippen molar-refractivity contribution in [3.05, 3.63) is 58.1 Å². The van der Waals surface area contributed by atoms with Crippen molar-refractivity contribution in [1.29, 1.82) is 0 Å². The number of nitrogens with two attached hydrogens (primary N) is 1. The zero-order valence-corrected chi connectivity index (χ0v) is 11.3. The molecule has 0 amide bonds. The van der Waals surface area contributed by atoms with E-state index in [2.05, 4.69) is 0 Å². The van der Waals surface area contributed by atoms with Gasteiger partial charge in [0.15, 0.2) is 0 Å². The molecule has 0 saturated heterocycles. The van der Waals surface area contributed by atoms with Crippen molar-refractivity contribution in [2.45, 2.75) is 10.6 Å². The molecule has 0 fully saturated rings. The molecule has 2 rings (SSSR count). The molecule has 0 heterocycles. The van der Waals surface area contributed by atoms with E-state index in [0.717, 1.165) is 15.7 Å². The standard InChI is InChI=1S/C13H11Cl2NS/c14-10-3-1-2-9(6-10)8-17-13-5-4-11(16)7-12(13)15/h1-7H,8,16H2. The van der Waals surface area contributed by atoms with E-state index in [1.165, 1.54) is 5.56 Å². The lowest BCUT2D eigenvalue weighted by atomic mass is 10.2. The predicted molar refractivity (Wildman–Crippen MR) is 76.9 cm³/mol. The van der Waals surface area contributed by atoms with Crippen molar-refractivity contribution in [3.63, 3.8) is 0 Å². The monoisotopic (exact) mass is 283 g/mol. The minimum Gasteiger partial charge on any atom is -0.399 e. The Bertz CT molecular complexity index is 529. The van der Waals surface area contributed by atoms with Gasteiger partial charge in [-0.15, -0.1) is 11.8 Å². The Morgan fingerprint density at radius 1 is 1.06 bits per heavy atom. The van der Waals surface area contributed by atoms with Crippen LogP contribution >= 0.6 is 35.0 Å². The molecule has 0 saturated carbocycles. The fourth-order valence-corrected chi connectivity index (χ4v) is 2.85. The Hall–Kier alpha value is -0.830. The Morgan fingerprint density at radius 2 is 1.88 bits per heavy atom. The molecule has 0 bridgehead atoms. The molecule has 0 aliphatic heterocycles. The van der Waals surface area contributed by atoms with E-state index in [9.17, 15) is 0 Å². The van der Waals surface area contributed by atoms with E-state index >= 15 is 0 Å². The minimum absolute atomic E-state index is 0.683.